The Morgan fingerprint density at radius 2 is 1.81 bits per heavy atom. The van der Waals surface area contributed by atoms with E-state index in [1.807, 2.05) is 0 Å². The molecule has 0 unspecified atom stereocenters. The molecule has 1 aliphatic heterocycles. The Balaban J connectivity index is 1.55. The van der Waals surface area contributed by atoms with Crippen LogP contribution >= 0.6 is 11.6 Å². The first-order valence-electron chi connectivity index (χ1n) is 9.35. The van der Waals surface area contributed by atoms with Gasteiger partial charge in [0.1, 0.15) is 35.4 Å². The summed E-state index contributed by atoms with van der Waals surface area (Å²) in [6.45, 7) is 0.148. The van der Waals surface area contributed by atoms with E-state index in [1.165, 1.54) is 12.1 Å². The number of ether oxygens (including phenoxy) is 4. The first-order valence-corrected chi connectivity index (χ1v) is 9.73. The van der Waals surface area contributed by atoms with E-state index in [1.54, 1.807) is 62.8 Å². The van der Waals surface area contributed by atoms with Gasteiger partial charge in [-0.05, 0) is 48.5 Å². The molecule has 31 heavy (non-hydrogen) atoms. The lowest BCUT2D eigenvalue weighted by atomic mass is 10.1. The van der Waals surface area contributed by atoms with Crippen LogP contribution in [0.3, 0.4) is 0 Å². The SMILES string of the molecule is COc1ccc(OC)c(/C=C2\Oc3cc(OCc4ccc(F)cc4Cl)ccc3C2=O)c1. The third kappa shape index (κ3) is 4.34. The summed E-state index contributed by atoms with van der Waals surface area (Å²) >= 11 is 6.04. The van der Waals surface area contributed by atoms with Crippen LogP contribution in [0.5, 0.6) is 23.0 Å². The predicted molar refractivity (Wildman–Crippen MR) is 115 cm³/mol. The molecule has 158 valence electrons. The highest BCUT2D eigenvalue weighted by molar-refractivity contribution is 6.31. The Morgan fingerprint density at radius 1 is 1.00 bits per heavy atom. The minimum atomic E-state index is -0.412. The minimum Gasteiger partial charge on any atom is -0.497 e. The molecule has 1 heterocycles. The lowest BCUT2D eigenvalue weighted by molar-refractivity contribution is 0.101. The molecule has 0 saturated heterocycles. The number of fused-ring (bicyclic) bond motifs is 1. The number of hydrogen-bond donors (Lipinski definition) is 0. The fourth-order valence-electron chi connectivity index (χ4n) is 3.15. The molecule has 5 nitrogen and oxygen atoms in total. The van der Waals surface area contributed by atoms with Crippen molar-refractivity contribution < 1.29 is 28.1 Å². The largest absolute Gasteiger partial charge is 0.497 e. The highest BCUT2D eigenvalue weighted by Gasteiger charge is 2.28. The first kappa shape index (κ1) is 20.8. The molecule has 1 aliphatic rings. The van der Waals surface area contributed by atoms with Crippen molar-refractivity contribution in [3.63, 3.8) is 0 Å². The van der Waals surface area contributed by atoms with Crippen molar-refractivity contribution >= 4 is 23.5 Å². The molecule has 0 radical (unpaired) electrons. The van der Waals surface area contributed by atoms with E-state index in [9.17, 15) is 9.18 Å². The Morgan fingerprint density at radius 3 is 2.55 bits per heavy atom. The van der Waals surface area contributed by atoms with Crippen molar-refractivity contribution in [2.24, 2.45) is 0 Å². The molecular weight excluding hydrogens is 423 g/mol. The summed E-state index contributed by atoms with van der Waals surface area (Å²) in [4.78, 5) is 12.8. The molecule has 0 saturated carbocycles. The summed E-state index contributed by atoms with van der Waals surface area (Å²) < 4.78 is 35.3. The van der Waals surface area contributed by atoms with Gasteiger partial charge in [0.05, 0.1) is 24.8 Å². The molecule has 0 spiro atoms. The average Bonchev–Trinajstić information content (AvgIpc) is 3.07. The van der Waals surface area contributed by atoms with Crippen molar-refractivity contribution in [1.29, 1.82) is 0 Å². The Kier molecular flexibility index (Phi) is 5.82. The Bertz CT molecular complexity index is 1190. The van der Waals surface area contributed by atoms with Gasteiger partial charge in [0.15, 0.2) is 5.76 Å². The van der Waals surface area contributed by atoms with Gasteiger partial charge in [-0.3, -0.25) is 4.79 Å². The maximum atomic E-state index is 13.2. The maximum Gasteiger partial charge on any atom is 0.231 e. The third-order valence-electron chi connectivity index (χ3n) is 4.77. The zero-order valence-corrected chi connectivity index (χ0v) is 17.5. The van der Waals surface area contributed by atoms with Crippen molar-refractivity contribution in [2.45, 2.75) is 6.61 Å². The highest BCUT2D eigenvalue weighted by atomic mass is 35.5. The number of halogens is 2. The number of methoxy groups -OCH3 is 2. The average molecular weight is 441 g/mol. The van der Waals surface area contributed by atoms with Crippen LogP contribution in [0, 0.1) is 5.82 Å². The van der Waals surface area contributed by atoms with Crippen LogP contribution in [0.15, 0.2) is 60.4 Å². The molecule has 0 bridgehead atoms. The molecular formula is C24H18ClFO5. The number of carbonyl (C=O) groups excluding carboxylic acids is 1. The van der Waals surface area contributed by atoms with Crippen molar-refractivity contribution in [2.75, 3.05) is 14.2 Å². The first-order chi connectivity index (χ1) is 15.0. The van der Waals surface area contributed by atoms with Gasteiger partial charge in [-0.1, -0.05) is 17.7 Å². The van der Waals surface area contributed by atoms with Crippen LogP contribution in [-0.4, -0.2) is 20.0 Å². The van der Waals surface area contributed by atoms with Crippen LogP contribution in [-0.2, 0) is 6.61 Å². The summed E-state index contributed by atoms with van der Waals surface area (Å²) in [5.41, 5.74) is 1.73. The van der Waals surface area contributed by atoms with Crippen LogP contribution < -0.4 is 18.9 Å². The van der Waals surface area contributed by atoms with E-state index in [4.69, 9.17) is 30.5 Å². The summed E-state index contributed by atoms with van der Waals surface area (Å²) in [6, 6.07) is 14.3. The van der Waals surface area contributed by atoms with Crippen molar-refractivity contribution in [3.8, 4) is 23.0 Å². The number of hydrogen-bond acceptors (Lipinski definition) is 5. The van der Waals surface area contributed by atoms with Crippen LogP contribution in [0.2, 0.25) is 5.02 Å². The van der Waals surface area contributed by atoms with Crippen LogP contribution in [0.4, 0.5) is 4.39 Å². The quantitative estimate of drug-likeness (QED) is 0.461. The minimum absolute atomic E-state index is 0.148. The van der Waals surface area contributed by atoms with Crippen molar-refractivity contribution in [3.05, 3.63) is 87.9 Å². The Labute approximate surface area is 183 Å². The topological polar surface area (TPSA) is 54.0 Å². The van der Waals surface area contributed by atoms with Gasteiger partial charge in [0.2, 0.25) is 5.78 Å². The predicted octanol–water partition coefficient (Wildman–Crippen LogP) is 5.69. The third-order valence-corrected chi connectivity index (χ3v) is 5.13. The second-order valence-electron chi connectivity index (χ2n) is 6.73. The van der Waals surface area contributed by atoms with E-state index in [0.29, 0.717) is 39.7 Å². The van der Waals surface area contributed by atoms with E-state index in [0.717, 1.165) is 0 Å². The highest BCUT2D eigenvalue weighted by Crippen LogP contribution is 2.36. The molecule has 3 aromatic carbocycles. The summed E-state index contributed by atoms with van der Waals surface area (Å²) in [5.74, 6) is 1.61. The summed E-state index contributed by atoms with van der Waals surface area (Å²) in [7, 11) is 3.11. The molecule has 7 heteroatoms. The van der Waals surface area contributed by atoms with E-state index in [-0.39, 0.29) is 23.2 Å². The zero-order valence-electron chi connectivity index (χ0n) is 16.8. The second-order valence-corrected chi connectivity index (χ2v) is 7.14. The monoisotopic (exact) mass is 440 g/mol. The molecule has 0 atom stereocenters. The van der Waals surface area contributed by atoms with Gasteiger partial charge >= 0.3 is 0 Å². The number of allylic oxidation sites excluding steroid dienone is 1. The number of rotatable bonds is 6. The lowest BCUT2D eigenvalue weighted by Gasteiger charge is -2.09. The fourth-order valence-corrected chi connectivity index (χ4v) is 3.37. The second kappa shape index (κ2) is 8.70. The standard InChI is InChI=1S/C24H18ClFO5/c1-28-17-6-8-21(29-2)15(9-17)10-23-24(27)19-7-5-18(12-22(19)31-23)30-13-14-3-4-16(26)11-20(14)25/h3-12H,13H2,1-2H3/b23-10-. The maximum absolute atomic E-state index is 13.2. The number of benzene rings is 3. The molecule has 0 aromatic heterocycles. The van der Waals surface area contributed by atoms with Gasteiger partial charge in [-0.2, -0.15) is 0 Å². The number of ketones is 1. The number of carbonyl (C=O) groups is 1. The zero-order chi connectivity index (χ0) is 22.0. The summed E-state index contributed by atoms with van der Waals surface area (Å²) in [5, 5.41) is 0.282. The van der Waals surface area contributed by atoms with Gasteiger partial charge < -0.3 is 18.9 Å². The van der Waals surface area contributed by atoms with E-state index < -0.39 is 5.82 Å². The normalized spacial score (nSPS) is 13.7. The smallest absolute Gasteiger partial charge is 0.231 e. The Hall–Kier alpha value is -3.51. The van der Waals surface area contributed by atoms with E-state index in [2.05, 4.69) is 0 Å². The molecule has 0 amide bonds. The molecule has 0 fully saturated rings. The van der Waals surface area contributed by atoms with Gasteiger partial charge in [-0.15, -0.1) is 0 Å². The van der Waals surface area contributed by atoms with Crippen LogP contribution in [0.25, 0.3) is 6.08 Å². The van der Waals surface area contributed by atoms with Gasteiger partial charge in [-0.25, -0.2) is 4.39 Å². The van der Waals surface area contributed by atoms with Crippen molar-refractivity contribution in [1.82, 2.24) is 0 Å². The molecule has 0 aliphatic carbocycles. The molecule has 3 aromatic rings. The lowest BCUT2D eigenvalue weighted by Crippen LogP contribution is -1.99. The van der Waals surface area contributed by atoms with Gasteiger partial charge in [0.25, 0.3) is 0 Å². The molecule has 0 N–H and O–H groups in total. The number of Topliss-reactive ketones (excluding diaryl/α,β-unsaturated/α-hetero) is 1. The fraction of sp³-hybridized carbons (Fsp3) is 0.125. The molecule has 4 rings (SSSR count). The van der Waals surface area contributed by atoms with Gasteiger partial charge in [0, 0.05) is 17.2 Å². The van der Waals surface area contributed by atoms with E-state index >= 15 is 0 Å². The summed E-state index contributed by atoms with van der Waals surface area (Å²) in [6.07, 6.45) is 1.61. The van der Waals surface area contributed by atoms with Crippen LogP contribution in [0.1, 0.15) is 21.5 Å².